The number of para-hydroxylation sites is 1. The topological polar surface area (TPSA) is 51.8 Å². The Hall–Kier alpha value is -6.65. The maximum absolute atomic E-state index is 9.29. The number of hydrogen-bond donors (Lipinski definition) is 0. The molecule has 0 amide bonds. The molecule has 0 aliphatic rings. The first kappa shape index (κ1) is 18.0. The molecular formula is C45H27N3O. The van der Waals surface area contributed by atoms with E-state index in [-0.39, 0.29) is 33.5 Å². The van der Waals surface area contributed by atoms with E-state index >= 15 is 0 Å². The smallest absolute Gasteiger partial charge is 0.164 e. The number of nitrogens with zero attached hydrogens (tertiary/aromatic N) is 3. The molecule has 228 valence electrons. The van der Waals surface area contributed by atoms with Crippen LogP contribution in [0.15, 0.2) is 168 Å². The molecule has 4 heteroatoms. The van der Waals surface area contributed by atoms with Crippen LogP contribution in [0.5, 0.6) is 0 Å². The van der Waals surface area contributed by atoms with Crippen LogP contribution < -0.4 is 0 Å². The van der Waals surface area contributed by atoms with Gasteiger partial charge in [-0.25, -0.2) is 15.0 Å². The van der Waals surface area contributed by atoms with E-state index in [1.165, 1.54) is 0 Å². The second-order valence-corrected chi connectivity index (χ2v) is 11.5. The van der Waals surface area contributed by atoms with Gasteiger partial charge < -0.3 is 4.42 Å². The molecule has 2 aromatic heterocycles. The van der Waals surface area contributed by atoms with E-state index in [0.29, 0.717) is 27.5 Å². The maximum atomic E-state index is 9.29. The summed E-state index contributed by atoms with van der Waals surface area (Å²) in [5, 5.41) is 4.72. The number of aromatic nitrogens is 3. The molecule has 0 atom stereocenters. The lowest BCUT2D eigenvalue weighted by atomic mass is 9.91. The molecule has 0 spiro atoms. The minimum atomic E-state index is -0.646. The lowest BCUT2D eigenvalue weighted by molar-refractivity contribution is 0.670. The van der Waals surface area contributed by atoms with Crippen molar-refractivity contribution in [2.24, 2.45) is 0 Å². The number of fused-ring (bicyclic) bond motifs is 7. The van der Waals surface area contributed by atoms with Crippen LogP contribution in [0.3, 0.4) is 0 Å². The average molecular weight is 638 g/mol. The standard InChI is InChI=1S/C45H27N3O/c1-2-13-29(14-3-1)43-46-44(32-23-22-28-12-4-5-15-30(28)26-32)48-45(47-43)38-25-24-36(42-41(38)37-20-10-11-21-40(37)49-42)39-27-31-16-6-7-17-33(31)34-18-8-9-19-35(34)39/h1-27H/i1D,2D,3D,4D,5D,12D,13D,14D,15D,22D,23D,26D. The molecule has 0 aliphatic heterocycles. The lowest BCUT2D eigenvalue weighted by Gasteiger charge is -2.13. The molecule has 10 rings (SSSR count). The monoisotopic (exact) mass is 637 g/mol. The summed E-state index contributed by atoms with van der Waals surface area (Å²) in [6.07, 6.45) is 0. The highest BCUT2D eigenvalue weighted by atomic mass is 16.3. The molecule has 2 heterocycles. The van der Waals surface area contributed by atoms with Crippen LogP contribution in [0.25, 0.3) is 99.5 Å². The molecule has 0 unspecified atom stereocenters. The number of benzene rings is 8. The van der Waals surface area contributed by atoms with Gasteiger partial charge in [-0.1, -0.05) is 133 Å². The van der Waals surface area contributed by atoms with Gasteiger partial charge in [0.15, 0.2) is 17.5 Å². The first-order valence-corrected chi connectivity index (χ1v) is 15.5. The van der Waals surface area contributed by atoms with Gasteiger partial charge in [0, 0.05) is 33.0 Å². The normalized spacial score (nSPS) is 15.1. The van der Waals surface area contributed by atoms with Crippen molar-refractivity contribution in [1.29, 1.82) is 0 Å². The molecule has 0 saturated heterocycles. The second kappa shape index (κ2) is 11.0. The molecule has 4 nitrogen and oxygen atoms in total. The van der Waals surface area contributed by atoms with Crippen molar-refractivity contribution in [3.05, 3.63) is 164 Å². The highest BCUT2D eigenvalue weighted by Gasteiger charge is 2.22. The quantitative estimate of drug-likeness (QED) is 0.180. The molecular weight excluding hydrogens is 599 g/mol. The van der Waals surface area contributed by atoms with E-state index in [1.807, 2.05) is 66.7 Å². The summed E-state index contributed by atoms with van der Waals surface area (Å²) >= 11 is 0. The van der Waals surface area contributed by atoms with Crippen molar-refractivity contribution in [1.82, 2.24) is 15.0 Å². The number of furan rings is 1. The third kappa shape index (κ3) is 4.49. The van der Waals surface area contributed by atoms with Gasteiger partial charge in [0.05, 0.1) is 16.4 Å². The molecule has 0 radical (unpaired) electrons. The van der Waals surface area contributed by atoms with E-state index in [4.69, 9.17) is 29.5 Å². The van der Waals surface area contributed by atoms with Crippen molar-refractivity contribution >= 4 is 54.3 Å². The van der Waals surface area contributed by atoms with Crippen molar-refractivity contribution in [2.75, 3.05) is 0 Å². The highest BCUT2D eigenvalue weighted by molar-refractivity contribution is 6.20. The largest absolute Gasteiger partial charge is 0.455 e. The third-order valence-electron chi connectivity index (χ3n) is 8.66. The van der Waals surface area contributed by atoms with Crippen LogP contribution in [-0.4, -0.2) is 15.0 Å². The SMILES string of the molecule is [2H]c1c([2H])c([2H])c(-c2nc(-c3c([2H])c([2H])c4c([2H])c([2H])c([2H])c([2H])c4c3[2H])nc(-c3ccc(-c4cc5ccccc5c5ccccc45)c4oc5ccccc5c34)n2)c([2H])c1[2H]. The van der Waals surface area contributed by atoms with Gasteiger partial charge in [0.25, 0.3) is 0 Å². The molecule has 0 saturated carbocycles. The van der Waals surface area contributed by atoms with Gasteiger partial charge in [-0.15, -0.1) is 0 Å². The molecule has 0 fully saturated rings. The molecule has 0 N–H and O–H groups in total. The lowest BCUT2D eigenvalue weighted by Crippen LogP contribution is -2.00. The minimum absolute atomic E-state index is 0.0846. The van der Waals surface area contributed by atoms with E-state index in [0.717, 1.165) is 32.7 Å². The van der Waals surface area contributed by atoms with Crippen LogP contribution in [-0.2, 0) is 0 Å². The summed E-state index contributed by atoms with van der Waals surface area (Å²) in [4.78, 5) is 14.0. The Kier molecular flexibility index (Phi) is 4.04. The fourth-order valence-electron chi connectivity index (χ4n) is 6.48. The predicted molar refractivity (Wildman–Crippen MR) is 201 cm³/mol. The maximum Gasteiger partial charge on any atom is 0.164 e. The molecule has 49 heavy (non-hydrogen) atoms. The minimum Gasteiger partial charge on any atom is -0.455 e. The fourth-order valence-corrected chi connectivity index (χ4v) is 6.48. The Labute approximate surface area is 298 Å². The van der Waals surface area contributed by atoms with Gasteiger partial charge in [0.1, 0.15) is 11.2 Å². The Morgan fingerprint density at radius 1 is 0.449 bits per heavy atom. The summed E-state index contributed by atoms with van der Waals surface area (Å²) in [5.74, 6) is -0.864. The fraction of sp³-hybridized carbons (Fsp3) is 0. The predicted octanol–water partition coefficient (Wildman–Crippen LogP) is 11.9. The van der Waals surface area contributed by atoms with Crippen LogP contribution in [0, 0.1) is 0 Å². The first-order chi connectivity index (χ1) is 29.3. The molecule has 8 aromatic carbocycles. The first-order valence-electron chi connectivity index (χ1n) is 21.5. The zero-order valence-electron chi connectivity index (χ0n) is 37.4. The van der Waals surface area contributed by atoms with Crippen molar-refractivity contribution < 1.29 is 20.9 Å². The Balaban J connectivity index is 1.33. The average Bonchev–Trinajstić information content (AvgIpc) is 3.67. The summed E-state index contributed by atoms with van der Waals surface area (Å²) in [5.41, 5.74) is 2.27. The van der Waals surface area contributed by atoms with Gasteiger partial charge >= 0.3 is 0 Å². The van der Waals surface area contributed by atoms with Crippen LogP contribution in [0.1, 0.15) is 16.4 Å². The van der Waals surface area contributed by atoms with Crippen molar-refractivity contribution in [2.45, 2.75) is 0 Å². The zero-order chi connectivity index (χ0) is 42.8. The second-order valence-electron chi connectivity index (χ2n) is 11.5. The van der Waals surface area contributed by atoms with E-state index < -0.39 is 78.3 Å². The number of hydrogen-bond acceptors (Lipinski definition) is 4. The molecule has 10 aromatic rings. The summed E-state index contributed by atoms with van der Waals surface area (Å²) in [6.45, 7) is 0. The zero-order valence-corrected chi connectivity index (χ0v) is 25.4. The highest BCUT2D eigenvalue weighted by Crippen LogP contribution is 2.44. The van der Waals surface area contributed by atoms with E-state index in [9.17, 15) is 1.37 Å². The summed E-state index contributed by atoms with van der Waals surface area (Å²) in [6, 6.07) is 21.9. The van der Waals surface area contributed by atoms with Gasteiger partial charge in [-0.05, 0) is 68.2 Å². The van der Waals surface area contributed by atoms with Crippen molar-refractivity contribution in [3.63, 3.8) is 0 Å². The van der Waals surface area contributed by atoms with E-state index in [2.05, 4.69) is 23.2 Å². The Morgan fingerprint density at radius 2 is 1.10 bits per heavy atom. The van der Waals surface area contributed by atoms with Crippen LogP contribution in [0.2, 0.25) is 0 Å². The van der Waals surface area contributed by atoms with Crippen LogP contribution >= 0.6 is 0 Å². The molecule has 0 aliphatic carbocycles. The Bertz CT molecular complexity index is 3560. The Morgan fingerprint density at radius 3 is 1.96 bits per heavy atom. The van der Waals surface area contributed by atoms with Crippen molar-refractivity contribution in [3.8, 4) is 45.3 Å². The number of rotatable bonds is 4. The van der Waals surface area contributed by atoms with Gasteiger partial charge in [0.2, 0.25) is 0 Å². The van der Waals surface area contributed by atoms with Gasteiger partial charge in [-0.2, -0.15) is 0 Å². The van der Waals surface area contributed by atoms with E-state index in [1.54, 1.807) is 6.07 Å². The molecule has 0 bridgehead atoms. The summed E-state index contributed by atoms with van der Waals surface area (Å²) < 4.78 is 110. The summed E-state index contributed by atoms with van der Waals surface area (Å²) in [7, 11) is 0. The van der Waals surface area contributed by atoms with Crippen LogP contribution in [0.4, 0.5) is 0 Å². The van der Waals surface area contributed by atoms with Gasteiger partial charge in [-0.3, -0.25) is 0 Å². The third-order valence-corrected chi connectivity index (χ3v) is 8.66.